The minimum absolute atomic E-state index is 0.301. The highest BCUT2D eigenvalue weighted by Gasteiger charge is 2.11. The van der Waals surface area contributed by atoms with Crippen LogP contribution in [-0.4, -0.2) is 6.61 Å². The van der Waals surface area contributed by atoms with Gasteiger partial charge in [-0.15, -0.1) is 0 Å². The molecule has 2 N–H and O–H groups in total. The summed E-state index contributed by atoms with van der Waals surface area (Å²) in [6.07, 6.45) is 1.03. The molecule has 3 heteroatoms. The van der Waals surface area contributed by atoms with Crippen LogP contribution in [0.4, 0.5) is 5.69 Å². The van der Waals surface area contributed by atoms with E-state index in [0.29, 0.717) is 5.41 Å². The van der Waals surface area contributed by atoms with Gasteiger partial charge in [-0.3, -0.25) is 0 Å². The van der Waals surface area contributed by atoms with E-state index in [1.54, 1.807) is 0 Å². The first-order valence-corrected chi connectivity index (χ1v) is 6.27. The van der Waals surface area contributed by atoms with Gasteiger partial charge in [0.1, 0.15) is 5.75 Å². The molecular weight excluding hydrogens is 266 g/mol. The molecule has 0 radical (unpaired) electrons. The number of anilines is 1. The number of hydrogen-bond acceptors (Lipinski definition) is 2. The Bertz CT molecular complexity index is 369. The molecule has 0 aliphatic heterocycles. The van der Waals surface area contributed by atoms with Gasteiger partial charge in [0.2, 0.25) is 0 Å². The van der Waals surface area contributed by atoms with E-state index in [2.05, 4.69) is 36.7 Å². The molecule has 1 aromatic rings. The van der Waals surface area contributed by atoms with Crippen LogP contribution in [0.15, 0.2) is 16.6 Å². The molecule has 0 heterocycles. The van der Waals surface area contributed by atoms with Crippen LogP contribution >= 0.6 is 15.9 Å². The molecule has 0 aliphatic rings. The zero-order chi connectivity index (χ0) is 12.3. The van der Waals surface area contributed by atoms with Crippen molar-refractivity contribution < 1.29 is 4.74 Å². The molecular formula is C13H20BrNO. The van der Waals surface area contributed by atoms with Gasteiger partial charge < -0.3 is 10.5 Å². The summed E-state index contributed by atoms with van der Waals surface area (Å²) in [5.41, 5.74) is 7.94. The van der Waals surface area contributed by atoms with Crippen LogP contribution in [0.5, 0.6) is 5.75 Å². The fourth-order valence-electron chi connectivity index (χ4n) is 1.25. The Kier molecular flexibility index (Phi) is 4.25. The van der Waals surface area contributed by atoms with Crippen molar-refractivity contribution >= 4 is 21.6 Å². The lowest BCUT2D eigenvalue weighted by Crippen LogP contribution is -2.11. The Morgan fingerprint density at radius 3 is 2.50 bits per heavy atom. The second-order valence-corrected chi connectivity index (χ2v) is 6.15. The summed E-state index contributed by atoms with van der Waals surface area (Å²) in [6, 6.07) is 3.86. The zero-order valence-corrected chi connectivity index (χ0v) is 12.0. The van der Waals surface area contributed by atoms with E-state index in [-0.39, 0.29) is 0 Å². The quantitative estimate of drug-likeness (QED) is 0.847. The molecule has 1 aromatic carbocycles. The molecule has 0 amide bonds. The van der Waals surface area contributed by atoms with Gasteiger partial charge in [0.25, 0.3) is 0 Å². The maximum Gasteiger partial charge on any atom is 0.133 e. The predicted molar refractivity (Wildman–Crippen MR) is 72.9 cm³/mol. The van der Waals surface area contributed by atoms with E-state index in [0.717, 1.165) is 34.5 Å². The highest BCUT2D eigenvalue weighted by Crippen LogP contribution is 2.30. The van der Waals surface area contributed by atoms with Gasteiger partial charge in [-0.05, 0) is 52.4 Å². The van der Waals surface area contributed by atoms with Crippen molar-refractivity contribution in [1.82, 2.24) is 0 Å². The molecule has 0 saturated carbocycles. The first-order chi connectivity index (χ1) is 7.29. The standard InChI is InChI=1S/C13H20BrNO/c1-9-7-12(10(14)8-11(9)15)16-6-5-13(2,3)4/h7-8H,5-6,15H2,1-4H3. The third-order valence-corrected chi connectivity index (χ3v) is 3.05. The number of rotatable bonds is 3. The maximum atomic E-state index is 5.80. The van der Waals surface area contributed by atoms with E-state index in [9.17, 15) is 0 Å². The Balaban J connectivity index is 2.64. The molecule has 0 bridgehead atoms. The van der Waals surface area contributed by atoms with Crippen molar-refractivity contribution in [2.45, 2.75) is 34.1 Å². The normalized spacial score (nSPS) is 11.6. The Hall–Kier alpha value is -0.700. The highest BCUT2D eigenvalue weighted by atomic mass is 79.9. The van der Waals surface area contributed by atoms with Gasteiger partial charge in [-0.25, -0.2) is 0 Å². The highest BCUT2D eigenvalue weighted by molar-refractivity contribution is 9.10. The predicted octanol–water partition coefficient (Wildman–Crippen LogP) is 4.15. The summed E-state index contributed by atoms with van der Waals surface area (Å²) in [6.45, 7) is 9.34. The van der Waals surface area contributed by atoms with Gasteiger partial charge in [0.05, 0.1) is 11.1 Å². The van der Waals surface area contributed by atoms with Crippen molar-refractivity contribution in [3.8, 4) is 5.75 Å². The average molecular weight is 286 g/mol. The van der Waals surface area contributed by atoms with Crippen molar-refractivity contribution in [2.24, 2.45) is 5.41 Å². The lowest BCUT2D eigenvalue weighted by molar-refractivity contribution is 0.242. The number of nitrogen functional groups attached to an aromatic ring is 1. The van der Waals surface area contributed by atoms with Crippen LogP contribution in [0, 0.1) is 12.3 Å². The lowest BCUT2D eigenvalue weighted by Gasteiger charge is -2.18. The zero-order valence-electron chi connectivity index (χ0n) is 10.4. The molecule has 0 aromatic heterocycles. The molecule has 90 valence electrons. The summed E-state index contributed by atoms with van der Waals surface area (Å²) >= 11 is 3.46. The molecule has 0 atom stereocenters. The van der Waals surface area contributed by atoms with E-state index < -0.39 is 0 Å². The van der Waals surface area contributed by atoms with Crippen LogP contribution in [-0.2, 0) is 0 Å². The number of halogens is 1. The number of nitrogens with two attached hydrogens (primary N) is 1. The van der Waals surface area contributed by atoms with Gasteiger partial charge in [-0.2, -0.15) is 0 Å². The Morgan fingerprint density at radius 2 is 1.94 bits per heavy atom. The summed E-state index contributed by atoms with van der Waals surface area (Å²) in [5, 5.41) is 0. The lowest BCUT2D eigenvalue weighted by atomic mass is 9.93. The first kappa shape index (κ1) is 13.4. The van der Waals surface area contributed by atoms with Crippen LogP contribution in [0.1, 0.15) is 32.8 Å². The van der Waals surface area contributed by atoms with Gasteiger partial charge in [0.15, 0.2) is 0 Å². The largest absolute Gasteiger partial charge is 0.492 e. The number of aryl methyl sites for hydroxylation is 1. The van der Waals surface area contributed by atoms with Gasteiger partial charge >= 0.3 is 0 Å². The fourth-order valence-corrected chi connectivity index (χ4v) is 1.72. The van der Waals surface area contributed by atoms with Crippen molar-refractivity contribution in [2.75, 3.05) is 12.3 Å². The topological polar surface area (TPSA) is 35.2 Å². The molecule has 1 rings (SSSR count). The number of hydrogen-bond donors (Lipinski definition) is 1. The summed E-state index contributed by atoms with van der Waals surface area (Å²) in [4.78, 5) is 0. The first-order valence-electron chi connectivity index (χ1n) is 5.48. The SMILES string of the molecule is Cc1cc(OCCC(C)(C)C)c(Br)cc1N. The van der Waals surface area contributed by atoms with E-state index in [4.69, 9.17) is 10.5 Å². The van der Waals surface area contributed by atoms with E-state index in [1.165, 1.54) is 0 Å². The fraction of sp³-hybridized carbons (Fsp3) is 0.538. The Labute approximate surface area is 106 Å². The Morgan fingerprint density at radius 1 is 1.31 bits per heavy atom. The maximum absolute atomic E-state index is 5.80. The average Bonchev–Trinajstić information content (AvgIpc) is 2.11. The van der Waals surface area contributed by atoms with Crippen molar-refractivity contribution in [3.63, 3.8) is 0 Å². The second kappa shape index (κ2) is 5.09. The smallest absolute Gasteiger partial charge is 0.133 e. The van der Waals surface area contributed by atoms with Crippen molar-refractivity contribution in [3.05, 3.63) is 22.2 Å². The molecule has 0 fully saturated rings. The third kappa shape index (κ3) is 4.05. The van der Waals surface area contributed by atoms with Crippen LogP contribution in [0.2, 0.25) is 0 Å². The summed E-state index contributed by atoms with van der Waals surface area (Å²) in [7, 11) is 0. The monoisotopic (exact) mass is 285 g/mol. The molecule has 0 aliphatic carbocycles. The van der Waals surface area contributed by atoms with Gasteiger partial charge in [-0.1, -0.05) is 20.8 Å². The van der Waals surface area contributed by atoms with Gasteiger partial charge in [0, 0.05) is 5.69 Å². The molecule has 16 heavy (non-hydrogen) atoms. The molecule has 0 unspecified atom stereocenters. The number of benzene rings is 1. The van der Waals surface area contributed by atoms with Crippen LogP contribution in [0.3, 0.4) is 0 Å². The number of ether oxygens (including phenoxy) is 1. The molecule has 0 spiro atoms. The van der Waals surface area contributed by atoms with E-state index >= 15 is 0 Å². The van der Waals surface area contributed by atoms with Crippen LogP contribution < -0.4 is 10.5 Å². The minimum atomic E-state index is 0.301. The minimum Gasteiger partial charge on any atom is -0.492 e. The third-order valence-electron chi connectivity index (χ3n) is 2.43. The second-order valence-electron chi connectivity index (χ2n) is 5.30. The van der Waals surface area contributed by atoms with Crippen molar-refractivity contribution in [1.29, 1.82) is 0 Å². The summed E-state index contributed by atoms with van der Waals surface area (Å²) in [5.74, 6) is 0.871. The summed E-state index contributed by atoms with van der Waals surface area (Å²) < 4.78 is 6.67. The van der Waals surface area contributed by atoms with Crippen LogP contribution in [0.25, 0.3) is 0 Å². The molecule has 2 nitrogen and oxygen atoms in total. The van der Waals surface area contributed by atoms with E-state index in [1.807, 2.05) is 19.1 Å². The molecule has 0 saturated heterocycles.